The van der Waals surface area contributed by atoms with Crippen LogP contribution < -0.4 is 27.3 Å². The van der Waals surface area contributed by atoms with Gasteiger partial charge in [0.15, 0.2) is 16.9 Å². The maximum Gasteiger partial charge on any atom is 0.354 e. The smallest absolute Gasteiger partial charge is 0.354 e. The number of aryl methyl sites for hydroxylation is 1. The van der Waals surface area contributed by atoms with Crippen molar-refractivity contribution >= 4 is 57.2 Å². The second-order valence-electron chi connectivity index (χ2n) is 12.9. The lowest BCUT2D eigenvalue weighted by Crippen LogP contribution is -2.76. The number of carbonyl (C=O) groups excluding carboxylic acids is 2. The Labute approximate surface area is 289 Å². The predicted molar refractivity (Wildman–Crippen MR) is 181 cm³/mol. The van der Waals surface area contributed by atoms with Crippen LogP contribution in [-0.2, 0) is 41.3 Å². The SMILES string of the molecule is CC(O/N=C(\C(=O)NC1C(=O)N(OS(=O)O)C1(C)C)c1csc(N)n1)(C(=O)O)C1CCc2cc(C(=N)N)ccc2O1.CC1CCC(N)CC1. The van der Waals surface area contributed by atoms with Gasteiger partial charge in [-0.15, -0.1) is 15.6 Å². The molecule has 1 aromatic carbocycles. The summed E-state index contributed by atoms with van der Waals surface area (Å²) in [4.78, 5) is 47.8. The first kappa shape index (κ1) is 37.6. The average Bonchev–Trinajstić information content (AvgIpc) is 3.48. The molecule has 2 aliphatic heterocycles. The number of nitrogen functional groups attached to an aromatic ring is 2. The van der Waals surface area contributed by atoms with Gasteiger partial charge in [-0.05, 0) is 89.0 Å². The van der Waals surface area contributed by atoms with E-state index in [0.717, 1.165) is 22.8 Å². The van der Waals surface area contributed by atoms with Crippen LogP contribution in [0.25, 0.3) is 0 Å². The number of nitrogens with two attached hydrogens (primary N) is 3. The number of ether oxygens (including phenoxy) is 1. The minimum Gasteiger partial charge on any atom is -0.485 e. The Kier molecular flexibility index (Phi) is 11.6. The van der Waals surface area contributed by atoms with Gasteiger partial charge in [0.25, 0.3) is 17.4 Å². The van der Waals surface area contributed by atoms with Gasteiger partial charge in [-0.1, -0.05) is 12.1 Å². The number of thiazole rings is 1. The number of fused-ring (bicyclic) bond motifs is 1. The highest BCUT2D eigenvalue weighted by Gasteiger charge is 2.57. The van der Waals surface area contributed by atoms with Gasteiger partial charge in [0.05, 0.1) is 5.54 Å². The number of aromatic nitrogens is 1. The van der Waals surface area contributed by atoms with Crippen LogP contribution in [0.5, 0.6) is 5.75 Å². The monoisotopic (exact) mass is 722 g/mol. The van der Waals surface area contributed by atoms with Gasteiger partial charge in [0.1, 0.15) is 23.3 Å². The number of anilines is 1. The lowest BCUT2D eigenvalue weighted by molar-refractivity contribution is -0.216. The second kappa shape index (κ2) is 15.2. The van der Waals surface area contributed by atoms with E-state index < -0.39 is 58.1 Å². The maximum absolute atomic E-state index is 13.3. The van der Waals surface area contributed by atoms with E-state index in [1.807, 2.05) is 0 Å². The van der Waals surface area contributed by atoms with Crippen molar-refractivity contribution in [3.8, 4) is 5.75 Å². The molecule has 1 aliphatic carbocycles. The zero-order valence-electron chi connectivity index (χ0n) is 27.5. The fraction of sp³-hybridized carbons (Fsp3) is 0.533. The van der Waals surface area contributed by atoms with E-state index in [4.69, 9.17) is 36.7 Å². The van der Waals surface area contributed by atoms with E-state index in [9.17, 15) is 23.7 Å². The highest BCUT2D eigenvalue weighted by atomic mass is 32.2. The first-order valence-electron chi connectivity index (χ1n) is 15.5. The third-order valence-electron chi connectivity index (χ3n) is 8.81. The third kappa shape index (κ3) is 8.53. The zero-order chi connectivity index (χ0) is 36.3. The topological polar surface area (TPSA) is 279 Å². The molecule has 4 atom stereocenters. The minimum absolute atomic E-state index is 0.0430. The first-order chi connectivity index (χ1) is 22.9. The molecule has 2 fully saturated rings. The quantitative estimate of drug-likeness (QED) is 0.0605. The van der Waals surface area contributed by atoms with Crippen molar-refractivity contribution in [2.75, 3.05) is 5.73 Å². The normalized spacial score (nSPS) is 24.8. The van der Waals surface area contributed by atoms with Crippen LogP contribution in [0.15, 0.2) is 28.7 Å². The number of rotatable bonds is 10. The second-order valence-corrected chi connectivity index (χ2v) is 14.4. The Morgan fingerprint density at radius 2 is 1.94 bits per heavy atom. The Morgan fingerprint density at radius 3 is 2.47 bits per heavy atom. The summed E-state index contributed by atoms with van der Waals surface area (Å²) in [5, 5.41) is 26.2. The molecule has 2 amide bonds. The Bertz CT molecular complexity index is 1630. The van der Waals surface area contributed by atoms with Crippen molar-refractivity contribution in [1.29, 1.82) is 5.41 Å². The van der Waals surface area contributed by atoms with Crippen molar-refractivity contribution in [2.24, 2.45) is 22.5 Å². The van der Waals surface area contributed by atoms with E-state index in [0.29, 0.717) is 28.8 Å². The van der Waals surface area contributed by atoms with Gasteiger partial charge in [-0.25, -0.2) is 9.78 Å². The fourth-order valence-electron chi connectivity index (χ4n) is 5.60. The average molecular weight is 723 g/mol. The minimum atomic E-state index is -2.77. The number of nitrogens with one attached hydrogen (secondary N) is 2. The summed E-state index contributed by atoms with van der Waals surface area (Å²) in [7, 11) is 0. The molecule has 5 rings (SSSR count). The number of oxime groups is 1. The van der Waals surface area contributed by atoms with Gasteiger partial charge >= 0.3 is 17.3 Å². The molecule has 19 heteroatoms. The number of hydroxylamine groups is 2. The molecule has 3 heterocycles. The van der Waals surface area contributed by atoms with Crippen LogP contribution in [0.4, 0.5) is 5.13 Å². The molecule has 10 N–H and O–H groups in total. The molecule has 17 nitrogen and oxygen atoms in total. The standard InChI is InChI=1S/C23H27N7O9S2.C7H15N/c1-22(2)16(19(32)30(22)39-41(35)36)28-18(31)15(12-9-40-21(26)27-12)29-38-23(3,20(33)34)14-7-5-10-8-11(17(24)25)4-6-13(10)37-14;1-6-2-4-7(8)5-3-6/h4,6,8-9,14,16H,5,7H2,1-3H3,(H3,24,25)(H2,26,27)(H,28,31)(H,33,34)(H,35,36);6-7H,2-5,8H2,1H3/b29-15-;. The van der Waals surface area contributed by atoms with Crippen LogP contribution in [-0.4, -0.2) is 82.6 Å². The van der Waals surface area contributed by atoms with Crippen LogP contribution >= 0.6 is 11.3 Å². The van der Waals surface area contributed by atoms with E-state index in [-0.39, 0.29) is 23.1 Å². The van der Waals surface area contributed by atoms with Crippen molar-refractivity contribution in [2.45, 2.75) is 95.5 Å². The lowest BCUT2D eigenvalue weighted by Gasteiger charge is -2.50. The number of nitrogens with zero attached hydrogens (tertiary/aromatic N) is 3. The number of carbonyl (C=O) groups is 3. The third-order valence-corrected chi connectivity index (χ3v) is 9.76. The molecular formula is C30H42N8O9S2. The van der Waals surface area contributed by atoms with Crippen molar-refractivity contribution in [3.05, 3.63) is 40.4 Å². The molecule has 3 aliphatic rings. The summed E-state index contributed by atoms with van der Waals surface area (Å²) in [6.45, 7) is 6.52. The molecule has 1 saturated heterocycles. The number of amidine groups is 1. The number of carboxylic acid groups (broad SMARTS) is 1. The number of hydrogen-bond acceptors (Lipinski definition) is 13. The maximum atomic E-state index is 13.3. The van der Waals surface area contributed by atoms with Crippen molar-refractivity contribution < 1.29 is 42.1 Å². The molecule has 1 saturated carbocycles. The van der Waals surface area contributed by atoms with Gasteiger partial charge in [0, 0.05) is 17.0 Å². The number of hydrogen-bond donors (Lipinski definition) is 7. The molecule has 268 valence electrons. The Morgan fingerprint density at radius 1 is 1.27 bits per heavy atom. The highest BCUT2D eigenvalue weighted by Crippen LogP contribution is 2.35. The molecule has 4 unspecified atom stereocenters. The van der Waals surface area contributed by atoms with E-state index in [2.05, 4.69) is 26.7 Å². The van der Waals surface area contributed by atoms with Gasteiger partial charge < -0.3 is 37.2 Å². The molecule has 1 aromatic heterocycles. The predicted octanol–water partition coefficient (Wildman–Crippen LogP) is 1.66. The summed E-state index contributed by atoms with van der Waals surface area (Å²) in [5.74, 6) is -1.97. The molecule has 2 aromatic rings. The van der Waals surface area contributed by atoms with E-state index >= 15 is 0 Å². The fourth-order valence-corrected chi connectivity index (χ4v) is 6.54. The van der Waals surface area contributed by atoms with Crippen LogP contribution in [0.2, 0.25) is 0 Å². The van der Waals surface area contributed by atoms with Crippen LogP contribution in [0.3, 0.4) is 0 Å². The van der Waals surface area contributed by atoms with E-state index in [1.54, 1.807) is 18.2 Å². The largest absolute Gasteiger partial charge is 0.485 e. The van der Waals surface area contributed by atoms with Crippen LogP contribution in [0.1, 0.15) is 76.6 Å². The summed E-state index contributed by atoms with van der Waals surface area (Å²) < 4.78 is 30.5. The van der Waals surface area contributed by atoms with Gasteiger partial charge in [-0.3, -0.25) is 19.6 Å². The number of β-lactam (4-membered cyclic amide) rings is 1. The van der Waals surface area contributed by atoms with E-state index in [1.165, 1.54) is 51.8 Å². The number of benzene rings is 1. The molecule has 0 radical (unpaired) electrons. The van der Waals surface area contributed by atoms with Crippen LogP contribution in [0, 0.1) is 11.3 Å². The summed E-state index contributed by atoms with van der Waals surface area (Å²) in [5.41, 5.74) is 14.4. The zero-order valence-corrected chi connectivity index (χ0v) is 29.1. The number of aliphatic carboxylic acids is 1. The first-order valence-corrected chi connectivity index (χ1v) is 17.4. The Balaban J connectivity index is 0.000000592. The number of carboxylic acids is 1. The number of amides is 2. The summed E-state index contributed by atoms with van der Waals surface area (Å²) >= 11 is -1.78. The molecule has 0 spiro atoms. The molecule has 0 bridgehead atoms. The summed E-state index contributed by atoms with van der Waals surface area (Å²) in [6.07, 6.45) is 4.75. The highest BCUT2D eigenvalue weighted by molar-refractivity contribution is 7.74. The van der Waals surface area contributed by atoms with Crippen molar-refractivity contribution in [1.82, 2.24) is 15.4 Å². The van der Waals surface area contributed by atoms with Gasteiger partial charge in [-0.2, -0.15) is 9.27 Å². The Hall–Kier alpha value is -4.17. The summed E-state index contributed by atoms with van der Waals surface area (Å²) in [6, 6.07) is 4.17. The molecular weight excluding hydrogens is 681 g/mol. The lowest BCUT2D eigenvalue weighted by atomic mass is 9.84. The van der Waals surface area contributed by atoms with Gasteiger partial charge in [0.2, 0.25) is 0 Å². The van der Waals surface area contributed by atoms with Crippen molar-refractivity contribution in [3.63, 3.8) is 0 Å². The molecule has 49 heavy (non-hydrogen) atoms.